The molecule has 0 aliphatic rings. The van der Waals surface area contributed by atoms with E-state index in [0.717, 1.165) is 0 Å². The van der Waals surface area contributed by atoms with Crippen LogP contribution in [0, 0.1) is 6.92 Å². The molecule has 5 nitrogen and oxygen atoms in total. The molecule has 0 bridgehead atoms. The molecule has 0 atom stereocenters. The second-order valence-electron chi connectivity index (χ2n) is 2.75. The number of nitrogens with zero attached hydrogens (tertiary/aromatic N) is 2. The lowest BCUT2D eigenvalue weighted by atomic mass is 10.1. The molecule has 15 heavy (non-hydrogen) atoms. The highest BCUT2D eigenvalue weighted by atomic mass is 16.6. The molecule has 0 amide bonds. The van der Waals surface area contributed by atoms with Crippen LogP contribution in [0.25, 0.3) is 0 Å². The largest absolute Gasteiger partial charge is 0.464 e. The number of carbonyl (C=O) groups excluding carboxylic acids is 1. The van der Waals surface area contributed by atoms with Gasteiger partial charge in [-0.25, -0.2) is 4.79 Å². The van der Waals surface area contributed by atoms with Gasteiger partial charge < -0.3 is 9.57 Å². The van der Waals surface area contributed by atoms with Crippen LogP contribution < -0.4 is 0 Å². The van der Waals surface area contributed by atoms with Crippen molar-refractivity contribution in [2.24, 2.45) is 5.16 Å². The van der Waals surface area contributed by atoms with Crippen LogP contribution in [0.3, 0.4) is 0 Å². The van der Waals surface area contributed by atoms with Crippen molar-refractivity contribution in [1.29, 1.82) is 0 Å². The first-order valence-corrected chi connectivity index (χ1v) is 4.32. The normalized spacial score (nSPS) is 11.0. The molecule has 0 N–H and O–H groups in total. The van der Waals surface area contributed by atoms with Gasteiger partial charge in [-0.1, -0.05) is 5.16 Å². The van der Waals surface area contributed by atoms with Crippen molar-refractivity contribution in [1.82, 2.24) is 4.98 Å². The molecule has 0 unspecified atom stereocenters. The molecule has 80 valence electrons. The quantitative estimate of drug-likeness (QED) is 0.421. The summed E-state index contributed by atoms with van der Waals surface area (Å²) < 4.78 is 4.60. The van der Waals surface area contributed by atoms with E-state index in [4.69, 9.17) is 0 Å². The lowest BCUT2D eigenvalue weighted by Crippen LogP contribution is -2.19. The first-order valence-electron chi connectivity index (χ1n) is 4.32. The van der Waals surface area contributed by atoms with Crippen molar-refractivity contribution in [3.05, 3.63) is 29.6 Å². The smallest absolute Gasteiger partial charge is 0.360 e. The molecule has 0 radical (unpaired) electrons. The van der Waals surface area contributed by atoms with Gasteiger partial charge in [0.25, 0.3) is 0 Å². The van der Waals surface area contributed by atoms with Crippen molar-refractivity contribution in [2.45, 2.75) is 6.92 Å². The maximum atomic E-state index is 11.4. The molecule has 1 rings (SSSR count). The SMILES string of the molecule is CO/N=C(/C(=O)OC)c1cccnc1C. The van der Waals surface area contributed by atoms with Gasteiger partial charge in [-0.3, -0.25) is 4.98 Å². The summed E-state index contributed by atoms with van der Waals surface area (Å²) in [7, 11) is 2.66. The summed E-state index contributed by atoms with van der Waals surface area (Å²) in [4.78, 5) is 20.0. The van der Waals surface area contributed by atoms with Gasteiger partial charge in [0, 0.05) is 17.5 Å². The van der Waals surface area contributed by atoms with Gasteiger partial charge in [-0.15, -0.1) is 0 Å². The minimum absolute atomic E-state index is 0.116. The van der Waals surface area contributed by atoms with E-state index in [0.29, 0.717) is 11.3 Å². The fraction of sp³-hybridized carbons (Fsp3) is 0.300. The van der Waals surface area contributed by atoms with Crippen LogP contribution in [0.2, 0.25) is 0 Å². The maximum Gasteiger partial charge on any atom is 0.360 e. The van der Waals surface area contributed by atoms with Gasteiger partial charge in [-0.05, 0) is 19.1 Å². The fourth-order valence-electron chi connectivity index (χ4n) is 1.12. The summed E-state index contributed by atoms with van der Waals surface area (Å²) >= 11 is 0. The van der Waals surface area contributed by atoms with Crippen molar-refractivity contribution in [3.8, 4) is 0 Å². The Labute approximate surface area is 87.7 Å². The summed E-state index contributed by atoms with van der Waals surface area (Å²) in [6.45, 7) is 1.78. The second-order valence-corrected chi connectivity index (χ2v) is 2.75. The zero-order valence-corrected chi connectivity index (χ0v) is 8.85. The first-order chi connectivity index (χ1) is 7.20. The number of pyridine rings is 1. The predicted octanol–water partition coefficient (Wildman–Crippen LogP) is 0.914. The average Bonchev–Trinajstić information content (AvgIpc) is 2.26. The molecule has 0 aliphatic heterocycles. The number of rotatable bonds is 3. The monoisotopic (exact) mass is 208 g/mol. The topological polar surface area (TPSA) is 60.8 Å². The van der Waals surface area contributed by atoms with E-state index in [9.17, 15) is 4.79 Å². The van der Waals surface area contributed by atoms with E-state index >= 15 is 0 Å². The third kappa shape index (κ3) is 2.52. The zero-order valence-electron chi connectivity index (χ0n) is 8.85. The van der Waals surface area contributed by atoms with Crippen LogP contribution in [0.5, 0.6) is 0 Å². The first kappa shape index (κ1) is 11.2. The van der Waals surface area contributed by atoms with Crippen molar-refractivity contribution >= 4 is 11.7 Å². The summed E-state index contributed by atoms with van der Waals surface area (Å²) in [6.07, 6.45) is 1.64. The second kappa shape index (κ2) is 5.09. The lowest BCUT2D eigenvalue weighted by Gasteiger charge is -2.05. The highest BCUT2D eigenvalue weighted by Crippen LogP contribution is 2.07. The van der Waals surface area contributed by atoms with E-state index in [1.807, 2.05) is 0 Å². The Morgan fingerprint density at radius 3 is 2.73 bits per heavy atom. The summed E-state index contributed by atoms with van der Waals surface area (Å²) in [5.74, 6) is -0.548. The Kier molecular flexibility index (Phi) is 3.79. The summed E-state index contributed by atoms with van der Waals surface area (Å²) in [6, 6.07) is 3.45. The number of aromatic nitrogens is 1. The summed E-state index contributed by atoms with van der Waals surface area (Å²) in [5, 5.41) is 3.63. The highest BCUT2D eigenvalue weighted by molar-refractivity contribution is 6.43. The zero-order chi connectivity index (χ0) is 11.3. The average molecular weight is 208 g/mol. The molecular formula is C10H12N2O3. The minimum Gasteiger partial charge on any atom is -0.464 e. The highest BCUT2D eigenvalue weighted by Gasteiger charge is 2.17. The number of hydrogen-bond donors (Lipinski definition) is 0. The van der Waals surface area contributed by atoms with Gasteiger partial charge in [0.05, 0.1) is 7.11 Å². The van der Waals surface area contributed by atoms with E-state index in [-0.39, 0.29) is 5.71 Å². The molecule has 1 heterocycles. The Hall–Kier alpha value is -1.91. The van der Waals surface area contributed by atoms with Crippen LogP contribution in [0.15, 0.2) is 23.5 Å². The number of hydrogen-bond acceptors (Lipinski definition) is 5. The minimum atomic E-state index is -0.548. The molecule has 0 saturated carbocycles. The number of carbonyl (C=O) groups is 1. The third-order valence-electron chi connectivity index (χ3n) is 1.82. The Balaban J connectivity index is 3.17. The number of methoxy groups -OCH3 is 1. The number of oxime groups is 1. The molecule has 0 spiro atoms. The lowest BCUT2D eigenvalue weighted by molar-refractivity contribution is -0.132. The number of aryl methyl sites for hydroxylation is 1. The van der Waals surface area contributed by atoms with Crippen LogP contribution in [0.1, 0.15) is 11.3 Å². The predicted molar refractivity (Wildman–Crippen MR) is 54.5 cm³/mol. The fourth-order valence-corrected chi connectivity index (χ4v) is 1.12. The van der Waals surface area contributed by atoms with Crippen molar-refractivity contribution in [2.75, 3.05) is 14.2 Å². The van der Waals surface area contributed by atoms with Crippen LogP contribution in [-0.2, 0) is 14.4 Å². The van der Waals surface area contributed by atoms with E-state index in [1.54, 1.807) is 25.3 Å². The van der Waals surface area contributed by atoms with E-state index in [1.165, 1.54) is 14.2 Å². The molecule has 5 heteroatoms. The van der Waals surface area contributed by atoms with Gasteiger partial charge in [0.2, 0.25) is 0 Å². The standard InChI is InChI=1S/C10H12N2O3/c1-7-8(5-4-6-11-7)9(12-15-3)10(13)14-2/h4-6H,1-3H3/b12-9+. The van der Waals surface area contributed by atoms with E-state index < -0.39 is 5.97 Å². The van der Waals surface area contributed by atoms with Gasteiger partial charge in [0.1, 0.15) is 7.11 Å². The Morgan fingerprint density at radius 1 is 1.47 bits per heavy atom. The molecule has 0 fully saturated rings. The number of ether oxygens (including phenoxy) is 1. The summed E-state index contributed by atoms with van der Waals surface area (Å²) in [5.41, 5.74) is 1.41. The molecular weight excluding hydrogens is 196 g/mol. The van der Waals surface area contributed by atoms with Crippen LogP contribution in [0.4, 0.5) is 0 Å². The van der Waals surface area contributed by atoms with Crippen LogP contribution in [-0.4, -0.2) is 30.9 Å². The van der Waals surface area contributed by atoms with Gasteiger partial charge >= 0.3 is 5.97 Å². The maximum absolute atomic E-state index is 11.4. The Bertz CT molecular complexity index is 388. The van der Waals surface area contributed by atoms with Crippen LogP contribution >= 0.6 is 0 Å². The van der Waals surface area contributed by atoms with Crippen molar-refractivity contribution in [3.63, 3.8) is 0 Å². The Morgan fingerprint density at radius 2 is 2.20 bits per heavy atom. The van der Waals surface area contributed by atoms with Gasteiger partial charge in [-0.2, -0.15) is 0 Å². The molecule has 0 aromatic carbocycles. The number of esters is 1. The van der Waals surface area contributed by atoms with Gasteiger partial charge in [0.15, 0.2) is 5.71 Å². The molecule has 0 saturated heterocycles. The van der Waals surface area contributed by atoms with E-state index in [2.05, 4.69) is 19.7 Å². The molecule has 1 aromatic heterocycles. The molecule has 1 aromatic rings. The third-order valence-corrected chi connectivity index (χ3v) is 1.82. The molecule has 0 aliphatic carbocycles. The van der Waals surface area contributed by atoms with Crippen molar-refractivity contribution < 1.29 is 14.4 Å².